The molecule has 1 aliphatic rings. The predicted octanol–water partition coefficient (Wildman–Crippen LogP) is 4.09. The molecular formula is C24H22FN3O4S. The Labute approximate surface area is 194 Å². The van der Waals surface area contributed by atoms with Crippen molar-refractivity contribution < 1.29 is 23.5 Å². The number of amides is 3. The molecule has 1 aliphatic heterocycles. The van der Waals surface area contributed by atoms with Crippen LogP contribution >= 0.6 is 11.3 Å². The van der Waals surface area contributed by atoms with Crippen LogP contribution in [0.3, 0.4) is 0 Å². The molecule has 1 aromatic heterocycles. The number of hydrogen-bond acceptors (Lipinski definition) is 5. The lowest BCUT2D eigenvalue weighted by atomic mass is 10.2. The lowest BCUT2D eigenvalue weighted by Gasteiger charge is -2.34. The summed E-state index contributed by atoms with van der Waals surface area (Å²) in [6.45, 7) is 1.16. The van der Waals surface area contributed by atoms with Crippen LogP contribution in [0.5, 0.6) is 0 Å². The Hall–Kier alpha value is -3.72. The third-order valence-electron chi connectivity index (χ3n) is 5.21. The number of esters is 1. The number of urea groups is 1. The fourth-order valence-corrected chi connectivity index (χ4v) is 4.29. The van der Waals surface area contributed by atoms with E-state index in [1.807, 2.05) is 30.3 Å². The monoisotopic (exact) mass is 467 g/mol. The highest BCUT2D eigenvalue weighted by Gasteiger charge is 2.25. The molecule has 33 heavy (non-hydrogen) atoms. The number of benzene rings is 2. The van der Waals surface area contributed by atoms with Gasteiger partial charge in [-0.25, -0.2) is 14.0 Å². The number of nitrogens with one attached hydrogen (secondary N) is 1. The van der Waals surface area contributed by atoms with Gasteiger partial charge in [0, 0.05) is 36.7 Å². The van der Waals surface area contributed by atoms with Gasteiger partial charge < -0.3 is 19.9 Å². The lowest BCUT2D eigenvalue weighted by molar-refractivity contribution is -0.135. The van der Waals surface area contributed by atoms with Crippen molar-refractivity contribution in [2.75, 3.05) is 38.1 Å². The van der Waals surface area contributed by atoms with Gasteiger partial charge in [0.1, 0.15) is 10.7 Å². The molecule has 0 unspecified atom stereocenters. The average Bonchev–Trinajstić information content (AvgIpc) is 3.34. The highest BCUT2D eigenvalue weighted by molar-refractivity contribution is 7.17. The Morgan fingerprint density at radius 2 is 1.55 bits per heavy atom. The summed E-state index contributed by atoms with van der Waals surface area (Å²) in [7, 11) is 0. The molecule has 0 saturated carbocycles. The largest absolute Gasteiger partial charge is 0.451 e. The van der Waals surface area contributed by atoms with Crippen molar-refractivity contribution >= 4 is 34.9 Å². The molecule has 0 spiro atoms. The van der Waals surface area contributed by atoms with Gasteiger partial charge in [-0.3, -0.25) is 4.79 Å². The fraction of sp³-hybridized carbons (Fsp3) is 0.208. The van der Waals surface area contributed by atoms with E-state index in [1.54, 1.807) is 34.1 Å². The number of thiophene rings is 1. The highest BCUT2D eigenvalue weighted by atomic mass is 32.1. The van der Waals surface area contributed by atoms with Gasteiger partial charge in [-0.2, -0.15) is 0 Å². The Balaban J connectivity index is 1.23. The van der Waals surface area contributed by atoms with Gasteiger partial charge in [-0.1, -0.05) is 30.3 Å². The van der Waals surface area contributed by atoms with E-state index in [0.29, 0.717) is 36.7 Å². The Morgan fingerprint density at radius 3 is 2.24 bits per heavy atom. The number of carbonyl (C=O) groups is 3. The summed E-state index contributed by atoms with van der Waals surface area (Å²) < 4.78 is 18.3. The van der Waals surface area contributed by atoms with Gasteiger partial charge in [0.25, 0.3) is 5.91 Å². The normalized spacial score (nSPS) is 13.5. The van der Waals surface area contributed by atoms with Crippen molar-refractivity contribution in [3.63, 3.8) is 0 Å². The van der Waals surface area contributed by atoms with Crippen LogP contribution in [-0.2, 0) is 9.53 Å². The van der Waals surface area contributed by atoms with Crippen molar-refractivity contribution in [1.29, 1.82) is 0 Å². The summed E-state index contributed by atoms with van der Waals surface area (Å²) in [5.74, 6) is -1.21. The molecule has 3 amide bonds. The Kier molecular flexibility index (Phi) is 6.99. The summed E-state index contributed by atoms with van der Waals surface area (Å²) in [4.78, 5) is 41.6. The fourth-order valence-electron chi connectivity index (χ4n) is 3.39. The number of carbonyl (C=O) groups excluding carboxylic acids is 3. The van der Waals surface area contributed by atoms with Crippen LogP contribution in [-0.4, -0.2) is 60.5 Å². The molecule has 0 radical (unpaired) electrons. The minimum atomic E-state index is -0.581. The molecule has 170 valence electrons. The van der Waals surface area contributed by atoms with Crippen LogP contribution < -0.4 is 5.32 Å². The summed E-state index contributed by atoms with van der Waals surface area (Å²) >= 11 is 1.22. The molecule has 0 bridgehead atoms. The first-order valence-electron chi connectivity index (χ1n) is 10.4. The van der Waals surface area contributed by atoms with E-state index in [0.717, 1.165) is 10.4 Å². The second kappa shape index (κ2) is 10.3. The van der Waals surface area contributed by atoms with E-state index in [1.165, 1.54) is 23.5 Å². The number of ether oxygens (including phenoxy) is 1. The third kappa shape index (κ3) is 5.75. The van der Waals surface area contributed by atoms with Gasteiger partial charge in [-0.15, -0.1) is 11.3 Å². The van der Waals surface area contributed by atoms with Crippen LogP contribution in [0.15, 0.2) is 66.7 Å². The molecule has 9 heteroatoms. The lowest BCUT2D eigenvalue weighted by Crippen LogP contribution is -2.52. The maximum atomic E-state index is 13.1. The maximum absolute atomic E-state index is 13.1. The SMILES string of the molecule is O=C(OCC(=O)N1CCN(C(=O)Nc2ccccc2)CC1)c1ccc(-c2ccc(F)cc2)s1. The van der Waals surface area contributed by atoms with Gasteiger partial charge in [0.15, 0.2) is 6.61 Å². The van der Waals surface area contributed by atoms with Gasteiger partial charge >= 0.3 is 12.0 Å². The first kappa shape index (κ1) is 22.5. The molecule has 4 rings (SSSR count). The van der Waals surface area contributed by atoms with E-state index in [-0.39, 0.29) is 24.4 Å². The minimum Gasteiger partial charge on any atom is -0.451 e. The Morgan fingerprint density at radius 1 is 0.879 bits per heavy atom. The zero-order valence-electron chi connectivity index (χ0n) is 17.7. The second-order valence-corrected chi connectivity index (χ2v) is 8.49. The zero-order valence-corrected chi connectivity index (χ0v) is 18.5. The van der Waals surface area contributed by atoms with E-state index >= 15 is 0 Å². The molecule has 1 fully saturated rings. The van der Waals surface area contributed by atoms with Crippen molar-refractivity contribution in [3.05, 3.63) is 77.4 Å². The minimum absolute atomic E-state index is 0.214. The smallest absolute Gasteiger partial charge is 0.348 e. The number of nitrogens with zero attached hydrogens (tertiary/aromatic N) is 2. The molecule has 0 atom stereocenters. The molecule has 7 nitrogen and oxygen atoms in total. The van der Waals surface area contributed by atoms with E-state index in [2.05, 4.69) is 5.32 Å². The average molecular weight is 468 g/mol. The summed E-state index contributed by atoms with van der Waals surface area (Å²) in [5, 5.41) is 2.83. The van der Waals surface area contributed by atoms with Crippen molar-refractivity contribution in [3.8, 4) is 10.4 Å². The molecule has 1 N–H and O–H groups in total. The first-order chi connectivity index (χ1) is 16.0. The third-order valence-corrected chi connectivity index (χ3v) is 6.32. The predicted molar refractivity (Wildman–Crippen MR) is 124 cm³/mol. The van der Waals surface area contributed by atoms with Crippen molar-refractivity contribution in [2.24, 2.45) is 0 Å². The van der Waals surface area contributed by atoms with Gasteiger partial charge in [-0.05, 0) is 42.0 Å². The first-order valence-corrected chi connectivity index (χ1v) is 11.2. The number of piperazine rings is 1. The molecule has 2 heterocycles. The molecule has 1 saturated heterocycles. The van der Waals surface area contributed by atoms with Gasteiger partial charge in [0.2, 0.25) is 0 Å². The second-order valence-electron chi connectivity index (χ2n) is 7.41. The number of para-hydroxylation sites is 1. The van der Waals surface area contributed by atoms with E-state index in [4.69, 9.17) is 4.74 Å². The van der Waals surface area contributed by atoms with Crippen LogP contribution in [0.25, 0.3) is 10.4 Å². The summed E-state index contributed by atoms with van der Waals surface area (Å²) in [5.41, 5.74) is 1.51. The molecule has 0 aliphatic carbocycles. The summed E-state index contributed by atoms with van der Waals surface area (Å²) in [6.07, 6.45) is 0. The van der Waals surface area contributed by atoms with Crippen molar-refractivity contribution in [2.45, 2.75) is 0 Å². The number of anilines is 1. The highest BCUT2D eigenvalue weighted by Crippen LogP contribution is 2.28. The van der Waals surface area contributed by atoms with E-state index < -0.39 is 5.97 Å². The van der Waals surface area contributed by atoms with Crippen LogP contribution in [0.4, 0.5) is 14.9 Å². The van der Waals surface area contributed by atoms with Crippen LogP contribution in [0.2, 0.25) is 0 Å². The number of hydrogen-bond donors (Lipinski definition) is 1. The zero-order chi connectivity index (χ0) is 23.2. The summed E-state index contributed by atoms with van der Waals surface area (Å²) in [6, 6.07) is 18.3. The number of rotatable bonds is 5. The topological polar surface area (TPSA) is 79.0 Å². The molecule has 2 aromatic carbocycles. The maximum Gasteiger partial charge on any atom is 0.348 e. The molecule has 3 aromatic rings. The molecular weight excluding hydrogens is 445 g/mol. The van der Waals surface area contributed by atoms with E-state index in [9.17, 15) is 18.8 Å². The van der Waals surface area contributed by atoms with Crippen molar-refractivity contribution in [1.82, 2.24) is 9.80 Å². The number of halogens is 1. The quantitative estimate of drug-likeness (QED) is 0.574. The standard InChI is InChI=1S/C24H22FN3O4S/c25-18-8-6-17(7-9-18)20-10-11-21(33-20)23(30)32-16-22(29)27-12-14-28(15-13-27)24(31)26-19-4-2-1-3-5-19/h1-11H,12-16H2,(H,26,31). The Bertz CT molecular complexity index is 1130. The van der Waals surface area contributed by atoms with Gasteiger partial charge in [0.05, 0.1) is 0 Å². The van der Waals surface area contributed by atoms with Crippen LogP contribution in [0, 0.1) is 5.82 Å². The van der Waals surface area contributed by atoms with Crippen LogP contribution in [0.1, 0.15) is 9.67 Å².